The van der Waals surface area contributed by atoms with E-state index in [4.69, 9.17) is 5.11 Å². The zero-order valence-electron chi connectivity index (χ0n) is 7.05. The zero-order valence-corrected chi connectivity index (χ0v) is 7.05. The molecule has 0 aliphatic heterocycles. The fourth-order valence-electron chi connectivity index (χ4n) is 1.81. The van der Waals surface area contributed by atoms with Crippen LogP contribution in [0.25, 0.3) is 0 Å². The normalized spacial score (nSPS) is 30.7. The third-order valence-corrected chi connectivity index (χ3v) is 2.51. The van der Waals surface area contributed by atoms with Crippen LogP contribution >= 0.6 is 0 Å². The van der Waals surface area contributed by atoms with E-state index in [1.807, 2.05) is 0 Å². The lowest BCUT2D eigenvalue weighted by atomic mass is 9.99. The van der Waals surface area contributed by atoms with E-state index in [0.717, 1.165) is 12.8 Å². The maximum atomic E-state index is 11.2. The molecule has 0 amide bonds. The quantitative estimate of drug-likeness (QED) is 0.670. The maximum absolute atomic E-state index is 11.2. The molecule has 0 spiro atoms. The van der Waals surface area contributed by atoms with Crippen molar-refractivity contribution in [1.29, 1.82) is 0 Å². The Morgan fingerprint density at radius 1 is 1.55 bits per heavy atom. The van der Waals surface area contributed by atoms with Gasteiger partial charge in [0.2, 0.25) is 0 Å². The summed E-state index contributed by atoms with van der Waals surface area (Å²) in [4.78, 5) is 11.2. The average molecular weight is 156 g/mol. The molecule has 64 valence electrons. The number of aliphatic hydroxyl groups excluding tert-OH is 1. The Morgan fingerprint density at radius 3 is 2.73 bits per heavy atom. The van der Waals surface area contributed by atoms with Crippen molar-refractivity contribution in [2.75, 3.05) is 6.61 Å². The summed E-state index contributed by atoms with van der Waals surface area (Å²) in [5.41, 5.74) is 0. The van der Waals surface area contributed by atoms with Crippen LogP contribution in [-0.4, -0.2) is 17.5 Å². The van der Waals surface area contributed by atoms with Gasteiger partial charge in [0.1, 0.15) is 5.78 Å². The van der Waals surface area contributed by atoms with E-state index in [1.54, 1.807) is 0 Å². The lowest BCUT2D eigenvalue weighted by Gasteiger charge is -2.05. The second kappa shape index (κ2) is 3.86. The molecule has 1 fully saturated rings. The van der Waals surface area contributed by atoms with Crippen LogP contribution in [0.4, 0.5) is 0 Å². The molecule has 11 heavy (non-hydrogen) atoms. The van der Waals surface area contributed by atoms with Gasteiger partial charge in [-0.1, -0.05) is 6.92 Å². The summed E-state index contributed by atoms with van der Waals surface area (Å²) in [5, 5.41) is 8.54. The van der Waals surface area contributed by atoms with Gasteiger partial charge in [-0.3, -0.25) is 4.79 Å². The fourth-order valence-corrected chi connectivity index (χ4v) is 1.81. The zero-order chi connectivity index (χ0) is 8.27. The molecule has 0 bridgehead atoms. The van der Waals surface area contributed by atoms with Crippen molar-refractivity contribution in [3.05, 3.63) is 0 Å². The van der Waals surface area contributed by atoms with Crippen LogP contribution in [0.15, 0.2) is 0 Å². The first-order valence-electron chi connectivity index (χ1n) is 4.37. The topological polar surface area (TPSA) is 37.3 Å². The van der Waals surface area contributed by atoms with E-state index in [9.17, 15) is 4.79 Å². The number of aliphatic hydroxyl groups is 1. The maximum Gasteiger partial charge on any atom is 0.138 e. The standard InChI is InChI=1S/C9H16O2/c1-7-2-3-8(6-7)9(11)4-5-10/h7-8,10H,2-6H2,1H3. The molecule has 0 aromatic carbocycles. The van der Waals surface area contributed by atoms with Crippen LogP contribution in [0.5, 0.6) is 0 Å². The molecular formula is C9H16O2. The smallest absolute Gasteiger partial charge is 0.138 e. The molecule has 1 aliphatic rings. The van der Waals surface area contributed by atoms with Gasteiger partial charge < -0.3 is 5.11 Å². The molecule has 0 aromatic heterocycles. The van der Waals surface area contributed by atoms with E-state index in [1.165, 1.54) is 6.42 Å². The molecule has 1 saturated carbocycles. The third kappa shape index (κ3) is 2.29. The first-order chi connectivity index (χ1) is 5.24. The Morgan fingerprint density at radius 2 is 2.27 bits per heavy atom. The third-order valence-electron chi connectivity index (χ3n) is 2.51. The Kier molecular flexibility index (Phi) is 3.06. The highest BCUT2D eigenvalue weighted by Gasteiger charge is 2.26. The summed E-state index contributed by atoms with van der Waals surface area (Å²) in [5.74, 6) is 1.23. The van der Waals surface area contributed by atoms with Gasteiger partial charge in [-0.15, -0.1) is 0 Å². The largest absolute Gasteiger partial charge is 0.396 e. The van der Waals surface area contributed by atoms with E-state index in [2.05, 4.69) is 6.92 Å². The molecule has 0 aromatic rings. The van der Waals surface area contributed by atoms with Crippen molar-refractivity contribution in [2.24, 2.45) is 11.8 Å². The van der Waals surface area contributed by atoms with Crippen LogP contribution in [0.1, 0.15) is 32.6 Å². The molecule has 1 rings (SSSR count). The Hall–Kier alpha value is -0.370. The van der Waals surface area contributed by atoms with Gasteiger partial charge in [-0.05, 0) is 25.2 Å². The lowest BCUT2D eigenvalue weighted by molar-refractivity contribution is -0.123. The number of hydrogen-bond donors (Lipinski definition) is 1. The van der Waals surface area contributed by atoms with Crippen LogP contribution in [0.2, 0.25) is 0 Å². The number of rotatable bonds is 3. The molecule has 1 aliphatic carbocycles. The number of carbonyl (C=O) groups is 1. The van der Waals surface area contributed by atoms with Crippen molar-refractivity contribution >= 4 is 5.78 Å². The van der Waals surface area contributed by atoms with Gasteiger partial charge in [-0.2, -0.15) is 0 Å². The van der Waals surface area contributed by atoms with Gasteiger partial charge in [0.15, 0.2) is 0 Å². The first kappa shape index (κ1) is 8.72. The Bertz CT molecular complexity index is 142. The molecule has 1 N–H and O–H groups in total. The summed E-state index contributed by atoms with van der Waals surface area (Å²) < 4.78 is 0. The van der Waals surface area contributed by atoms with Crippen molar-refractivity contribution in [2.45, 2.75) is 32.6 Å². The molecule has 2 unspecified atom stereocenters. The summed E-state index contributed by atoms with van der Waals surface area (Å²) >= 11 is 0. The van der Waals surface area contributed by atoms with E-state index < -0.39 is 0 Å². The molecule has 0 saturated heterocycles. The van der Waals surface area contributed by atoms with Crippen LogP contribution in [0.3, 0.4) is 0 Å². The van der Waals surface area contributed by atoms with Gasteiger partial charge in [0, 0.05) is 18.9 Å². The Labute approximate surface area is 67.6 Å². The van der Waals surface area contributed by atoms with E-state index >= 15 is 0 Å². The van der Waals surface area contributed by atoms with Crippen molar-refractivity contribution in [3.8, 4) is 0 Å². The predicted octanol–water partition coefficient (Wildman–Crippen LogP) is 1.37. The summed E-state index contributed by atoms with van der Waals surface area (Å²) in [6.07, 6.45) is 3.62. The minimum absolute atomic E-state index is 0.0176. The first-order valence-corrected chi connectivity index (χ1v) is 4.37. The lowest BCUT2D eigenvalue weighted by Crippen LogP contribution is -2.12. The SMILES string of the molecule is CC1CCC(C(=O)CCO)C1. The van der Waals surface area contributed by atoms with Crippen molar-refractivity contribution in [3.63, 3.8) is 0 Å². The summed E-state index contributed by atoms with van der Waals surface area (Å²) in [6, 6.07) is 0. The van der Waals surface area contributed by atoms with Gasteiger partial charge in [-0.25, -0.2) is 0 Å². The highest BCUT2D eigenvalue weighted by atomic mass is 16.3. The minimum Gasteiger partial charge on any atom is -0.396 e. The number of carbonyl (C=O) groups excluding carboxylic acids is 1. The second-order valence-electron chi connectivity index (χ2n) is 3.56. The molecule has 0 heterocycles. The number of Topliss-reactive ketones (excluding diaryl/α,β-unsaturated/α-hetero) is 1. The highest BCUT2D eigenvalue weighted by molar-refractivity contribution is 5.81. The van der Waals surface area contributed by atoms with Crippen LogP contribution < -0.4 is 0 Å². The average Bonchev–Trinajstić information content (AvgIpc) is 2.36. The number of ketones is 1. The van der Waals surface area contributed by atoms with Gasteiger partial charge in [0.05, 0.1) is 0 Å². The molecular weight excluding hydrogens is 140 g/mol. The fraction of sp³-hybridized carbons (Fsp3) is 0.889. The monoisotopic (exact) mass is 156 g/mol. The van der Waals surface area contributed by atoms with Crippen LogP contribution in [-0.2, 0) is 4.79 Å². The number of hydrogen-bond acceptors (Lipinski definition) is 2. The second-order valence-corrected chi connectivity index (χ2v) is 3.56. The van der Waals surface area contributed by atoms with Crippen molar-refractivity contribution < 1.29 is 9.90 Å². The predicted molar refractivity (Wildman–Crippen MR) is 43.2 cm³/mol. The Balaban J connectivity index is 2.31. The molecule has 2 heteroatoms. The van der Waals surface area contributed by atoms with Gasteiger partial charge in [0.25, 0.3) is 0 Å². The minimum atomic E-state index is 0.0176. The van der Waals surface area contributed by atoms with Crippen LogP contribution in [0, 0.1) is 11.8 Å². The summed E-state index contributed by atoms with van der Waals surface area (Å²) in [6.45, 7) is 2.20. The van der Waals surface area contributed by atoms with Crippen molar-refractivity contribution in [1.82, 2.24) is 0 Å². The van der Waals surface area contributed by atoms with E-state index in [0.29, 0.717) is 12.3 Å². The molecule has 2 nitrogen and oxygen atoms in total. The molecule has 2 atom stereocenters. The summed E-state index contributed by atoms with van der Waals surface area (Å²) in [7, 11) is 0. The van der Waals surface area contributed by atoms with Gasteiger partial charge >= 0.3 is 0 Å². The molecule has 0 radical (unpaired) electrons. The highest BCUT2D eigenvalue weighted by Crippen LogP contribution is 2.31. The van der Waals surface area contributed by atoms with E-state index in [-0.39, 0.29) is 18.3 Å².